The van der Waals surface area contributed by atoms with Crippen molar-refractivity contribution in [2.45, 2.75) is 39.2 Å². The van der Waals surface area contributed by atoms with Crippen LogP contribution in [-0.4, -0.2) is 51.6 Å². The van der Waals surface area contributed by atoms with Crippen molar-refractivity contribution in [3.05, 3.63) is 54.4 Å². The number of benzene rings is 1. The third-order valence-corrected chi connectivity index (χ3v) is 5.69. The minimum Gasteiger partial charge on any atom is -0.349 e. The van der Waals surface area contributed by atoms with Gasteiger partial charge in [0.2, 0.25) is 5.82 Å². The number of hydrogen-bond acceptors (Lipinski definition) is 6. The van der Waals surface area contributed by atoms with Crippen LogP contribution in [0.2, 0.25) is 0 Å². The monoisotopic (exact) mass is 419 g/mol. The number of hydrogen-bond donors (Lipinski definition) is 1. The van der Waals surface area contributed by atoms with Gasteiger partial charge in [-0.1, -0.05) is 31.1 Å². The molecule has 1 N–H and O–H groups in total. The Kier molecular flexibility index (Phi) is 6.72. The molecule has 0 radical (unpaired) electrons. The predicted octanol–water partition coefficient (Wildman–Crippen LogP) is 4.04. The second-order valence-corrected chi connectivity index (χ2v) is 8.51. The summed E-state index contributed by atoms with van der Waals surface area (Å²) in [6.45, 7) is 7.77. The van der Waals surface area contributed by atoms with Crippen molar-refractivity contribution >= 4 is 5.91 Å². The second kappa shape index (κ2) is 9.83. The van der Waals surface area contributed by atoms with Crippen LogP contribution in [-0.2, 0) is 0 Å². The van der Waals surface area contributed by atoms with E-state index in [0.717, 1.165) is 49.5 Å². The first-order valence-corrected chi connectivity index (χ1v) is 11.0. The lowest BCUT2D eigenvalue weighted by molar-refractivity contribution is 0.0910. The third kappa shape index (κ3) is 5.55. The molecule has 4 rings (SSSR count). The average Bonchev–Trinajstić information content (AvgIpc) is 3.30. The van der Waals surface area contributed by atoms with Gasteiger partial charge in [-0.25, -0.2) is 0 Å². The maximum Gasteiger partial charge on any atom is 0.259 e. The Morgan fingerprint density at radius 3 is 2.61 bits per heavy atom. The van der Waals surface area contributed by atoms with E-state index in [1.54, 1.807) is 12.4 Å². The van der Waals surface area contributed by atoms with E-state index in [0.29, 0.717) is 17.3 Å². The summed E-state index contributed by atoms with van der Waals surface area (Å²) in [5.74, 6) is 1.61. The first-order valence-electron chi connectivity index (χ1n) is 11.0. The first-order chi connectivity index (χ1) is 15.1. The molecule has 1 amide bonds. The van der Waals surface area contributed by atoms with Gasteiger partial charge in [-0.3, -0.25) is 9.78 Å². The summed E-state index contributed by atoms with van der Waals surface area (Å²) in [7, 11) is 0. The van der Waals surface area contributed by atoms with Crippen molar-refractivity contribution in [2.24, 2.45) is 5.92 Å². The molecule has 0 unspecified atom stereocenters. The molecule has 1 fully saturated rings. The van der Waals surface area contributed by atoms with Crippen LogP contribution < -0.4 is 5.32 Å². The highest BCUT2D eigenvalue weighted by molar-refractivity contribution is 5.94. The fourth-order valence-electron chi connectivity index (χ4n) is 3.73. The van der Waals surface area contributed by atoms with Gasteiger partial charge < -0.3 is 14.7 Å². The van der Waals surface area contributed by atoms with Gasteiger partial charge >= 0.3 is 0 Å². The SMILES string of the molecule is CC(C)CCN1CCC(NC(=O)c2ccc(-c3noc(-c4cccnc4)n3)cc2)CC1. The molecule has 162 valence electrons. The molecule has 7 nitrogen and oxygen atoms in total. The molecule has 7 heteroatoms. The molecule has 0 atom stereocenters. The van der Waals surface area contributed by atoms with Crippen LogP contribution in [0.25, 0.3) is 22.8 Å². The number of likely N-dealkylation sites (tertiary alicyclic amines) is 1. The van der Waals surface area contributed by atoms with Crippen LogP contribution in [0.5, 0.6) is 0 Å². The van der Waals surface area contributed by atoms with Crippen molar-refractivity contribution in [1.82, 2.24) is 25.3 Å². The molecule has 2 aromatic heterocycles. The molecule has 3 aromatic rings. The van der Waals surface area contributed by atoms with Crippen molar-refractivity contribution in [3.8, 4) is 22.8 Å². The minimum atomic E-state index is -0.0312. The molecule has 0 saturated carbocycles. The molecule has 0 spiro atoms. The number of amides is 1. The van der Waals surface area contributed by atoms with E-state index < -0.39 is 0 Å². The smallest absolute Gasteiger partial charge is 0.259 e. The van der Waals surface area contributed by atoms with Gasteiger partial charge in [0.15, 0.2) is 0 Å². The number of nitrogens with one attached hydrogen (secondary N) is 1. The van der Waals surface area contributed by atoms with Crippen LogP contribution in [0.15, 0.2) is 53.3 Å². The average molecular weight is 420 g/mol. The van der Waals surface area contributed by atoms with Crippen LogP contribution in [0.3, 0.4) is 0 Å². The van der Waals surface area contributed by atoms with Crippen molar-refractivity contribution in [3.63, 3.8) is 0 Å². The normalized spacial score (nSPS) is 15.3. The van der Waals surface area contributed by atoms with Crippen LogP contribution in [0.1, 0.15) is 43.5 Å². The number of pyridine rings is 1. The quantitative estimate of drug-likeness (QED) is 0.622. The van der Waals surface area contributed by atoms with Crippen molar-refractivity contribution < 1.29 is 9.32 Å². The van der Waals surface area contributed by atoms with Gasteiger partial charge in [0, 0.05) is 42.7 Å². The Morgan fingerprint density at radius 2 is 1.94 bits per heavy atom. The van der Waals surface area contributed by atoms with E-state index >= 15 is 0 Å². The number of piperidine rings is 1. The number of carbonyl (C=O) groups excluding carboxylic acids is 1. The molecule has 1 saturated heterocycles. The summed E-state index contributed by atoms with van der Waals surface area (Å²) in [4.78, 5) is 23.7. The largest absolute Gasteiger partial charge is 0.349 e. The topological polar surface area (TPSA) is 84.2 Å². The second-order valence-electron chi connectivity index (χ2n) is 8.51. The van der Waals surface area contributed by atoms with Crippen molar-refractivity contribution in [2.75, 3.05) is 19.6 Å². The summed E-state index contributed by atoms with van der Waals surface area (Å²) >= 11 is 0. The Balaban J connectivity index is 1.31. The van der Waals surface area contributed by atoms with Crippen LogP contribution in [0.4, 0.5) is 0 Å². The molecule has 0 bridgehead atoms. The number of aromatic nitrogens is 3. The fraction of sp³-hybridized carbons (Fsp3) is 0.417. The Morgan fingerprint density at radius 1 is 1.16 bits per heavy atom. The van der Waals surface area contributed by atoms with E-state index in [-0.39, 0.29) is 11.9 Å². The van der Waals surface area contributed by atoms with E-state index in [1.807, 2.05) is 36.4 Å². The maximum atomic E-state index is 12.7. The van der Waals surface area contributed by atoms with Gasteiger partial charge in [0.05, 0.1) is 5.56 Å². The van der Waals surface area contributed by atoms with E-state index in [4.69, 9.17) is 4.52 Å². The van der Waals surface area contributed by atoms with Gasteiger partial charge in [0.1, 0.15) is 0 Å². The zero-order valence-electron chi connectivity index (χ0n) is 18.1. The highest BCUT2D eigenvalue weighted by Crippen LogP contribution is 2.22. The summed E-state index contributed by atoms with van der Waals surface area (Å²) in [5.41, 5.74) is 2.21. The van der Waals surface area contributed by atoms with Gasteiger partial charge in [-0.05, 0) is 56.0 Å². The van der Waals surface area contributed by atoms with E-state index in [2.05, 4.69) is 39.2 Å². The Hall–Kier alpha value is -3.06. The zero-order chi connectivity index (χ0) is 21.6. The fourth-order valence-corrected chi connectivity index (χ4v) is 3.73. The van der Waals surface area contributed by atoms with Crippen LogP contribution in [0, 0.1) is 5.92 Å². The number of rotatable bonds is 7. The molecule has 1 aliphatic heterocycles. The molecule has 0 aliphatic carbocycles. The van der Waals surface area contributed by atoms with E-state index in [9.17, 15) is 4.79 Å². The van der Waals surface area contributed by atoms with Gasteiger partial charge in [-0.2, -0.15) is 4.98 Å². The van der Waals surface area contributed by atoms with Gasteiger partial charge in [-0.15, -0.1) is 0 Å². The third-order valence-electron chi connectivity index (χ3n) is 5.69. The lowest BCUT2D eigenvalue weighted by Gasteiger charge is -2.32. The number of carbonyl (C=O) groups is 1. The molecule has 1 aromatic carbocycles. The molecule has 31 heavy (non-hydrogen) atoms. The highest BCUT2D eigenvalue weighted by Gasteiger charge is 2.21. The first kappa shape index (κ1) is 21.2. The summed E-state index contributed by atoms with van der Waals surface area (Å²) in [6.07, 6.45) is 6.61. The predicted molar refractivity (Wildman–Crippen MR) is 119 cm³/mol. The lowest BCUT2D eigenvalue weighted by Crippen LogP contribution is -2.45. The Labute approximate surface area is 182 Å². The zero-order valence-corrected chi connectivity index (χ0v) is 18.1. The van der Waals surface area contributed by atoms with Gasteiger partial charge in [0.25, 0.3) is 11.8 Å². The Bertz CT molecular complexity index is 977. The molecule has 1 aliphatic rings. The summed E-state index contributed by atoms with van der Waals surface area (Å²) in [6, 6.07) is 11.2. The maximum absolute atomic E-state index is 12.7. The van der Waals surface area contributed by atoms with E-state index in [1.165, 1.54) is 6.42 Å². The highest BCUT2D eigenvalue weighted by atomic mass is 16.5. The minimum absolute atomic E-state index is 0.0312. The summed E-state index contributed by atoms with van der Waals surface area (Å²) < 4.78 is 5.34. The van der Waals surface area contributed by atoms with Crippen LogP contribution >= 0.6 is 0 Å². The number of nitrogens with zero attached hydrogens (tertiary/aromatic N) is 4. The molecular formula is C24H29N5O2. The lowest BCUT2D eigenvalue weighted by atomic mass is 10.0. The van der Waals surface area contributed by atoms with Crippen molar-refractivity contribution in [1.29, 1.82) is 0 Å². The standard InChI is InChI=1S/C24H29N5O2/c1-17(2)9-13-29-14-10-21(11-15-29)26-23(30)19-7-5-18(6-8-19)22-27-24(31-28-22)20-4-3-12-25-16-20/h3-8,12,16-17,21H,9-11,13-15H2,1-2H3,(H,26,30). The summed E-state index contributed by atoms with van der Waals surface area (Å²) in [5, 5.41) is 7.23. The molecular weight excluding hydrogens is 390 g/mol. The molecule has 3 heterocycles.